The van der Waals surface area contributed by atoms with Crippen molar-refractivity contribution < 1.29 is 174 Å². The Morgan fingerprint density at radius 1 is 0.260 bits per heavy atom. The third kappa shape index (κ3) is 13.0. The first kappa shape index (κ1) is 63.2. The smallest absolute Gasteiger partial charge is 0.187 e. The zero-order valence-corrected chi connectivity index (χ0v) is 40.6. The molecule has 7 heterocycles. The number of rotatable bonds is 18. The summed E-state index contributed by atoms with van der Waals surface area (Å²) in [5.74, 6) is 0. The second-order valence-electron chi connectivity index (χ2n) is 19.6. The van der Waals surface area contributed by atoms with Crippen molar-refractivity contribution in [2.75, 3.05) is 39.6 Å². The molecule has 7 saturated heterocycles. The molecule has 0 aromatic heterocycles. The molecule has 35 nitrogen and oxygen atoms in total. The maximum absolute atomic E-state index is 11.5. The molecule has 0 unspecified atom stereocenters. The average Bonchev–Trinajstić information content (AvgIpc) is 3.42. The van der Waals surface area contributed by atoms with Crippen molar-refractivity contribution in [3.63, 3.8) is 0 Å². The van der Waals surface area contributed by atoms with Gasteiger partial charge in [-0.25, -0.2) is 0 Å². The molecule has 450 valence electrons. The van der Waals surface area contributed by atoms with Gasteiger partial charge in [-0.3, -0.25) is 0 Å². The van der Waals surface area contributed by atoms with Crippen molar-refractivity contribution in [1.29, 1.82) is 0 Å². The molecule has 22 N–H and O–H groups in total. The molecule has 7 aliphatic rings. The quantitative estimate of drug-likeness (QED) is 0.0606. The van der Waals surface area contributed by atoms with Crippen molar-refractivity contribution in [1.82, 2.24) is 0 Å². The monoisotopic (exact) mass is 1140 g/mol. The third-order valence-corrected chi connectivity index (χ3v) is 14.5. The van der Waals surface area contributed by atoms with E-state index in [-0.39, 0.29) is 0 Å². The van der Waals surface area contributed by atoms with Crippen molar-refractivity contribution in [3.8, 4) is 0 Å². The second kappa shape index (κ2) is 26.9. The molecule has 0 aromatic carbocycles. The molecule has 0 bridgehead atoms. The molecular formula is C42H72O35. The molecule has 77 heavy (non-hydrogen) atoms. The van der Waals surface area contributed by atoms with Gasteiger partial charge in [0, 0.05) is 0 Å². The standard InChI is InChI=1S/C42H72O35/c1-8-15(48)34(29(62)41(66-8)75-31-11(4-45)67-36(64)24(57)21(31)54)76-42-30(63)35(18(51)10(3-44)69-42)77-40-28(61)23(56)33(13(6-47)71-40)74-39-27(60)22(55)32(12(5-46)70-39)73-38-26(59)20(53)17(50)14(72-38)7-65-37-25(58)19(52)16(49)9(2-43)68-37/h8-64H,2-7H2,1H3/t8-,9+,10+,11+,12+,13+,14+,15-,16+,17-,18-,19-,20-,21+,22+,23+,24+,25+,26+,27+,28+,29+,30+,31-,32-,33+,34+,35-,36+,37+,38+,39+,40-,41+,42+/m0/s1. The lowest BCUT2D eigenvalue weighted by Gasteiger charge is -2.50. The topological polar surface area (TPSA) is 565 Å². The molecule has 35 heteroatoms. The first-order chi connectivity index (χ1) is 36.4. The van der Waals surface area contributed by atoms with Gasteiger partial charge >= 0.3 is 0 Å². The van der Waals surface area contributed by atoms with Crippen molar-refractivity contribution >= 4 is 0 Å². The van der Waals surface area contributed by atoms with Crippen LogP contribution in [-0.4, -0.2) is 367 Å². The summed E-state index contributed by atoms with van der Waals surface area (Å²) >= 11 is 0. The number of hydrogen-bond acceptors (Lipinski definition) is 35. The van der Waals surface area contributed by atoms with Crippen LogP contribution in [0.25, 0.3) is 0 Å². The number of aliphatic hydroxyl groups is 22. The highest BCUT2D eigenvalue weighted by Crippen LogP contribution is 2.37. The minimum atomic E-state index is -2.25. The van der Waals surface area contributed by atoms with Crippen LogP contribution in [0.1, 0.15) is 6.92 Å². The second-order valence-corrected chi connectivity index (χ2v) is 19.6. The first-order valence-electron chi connectivity index (χ1n) is 24.5. The normalized spacial score (nSPS) is 54.0. The van der Waals surface area contributed by atoms with Crippen LogP contribution < -0.4 is 0 Å². The predicted octanol–water partition coefficient (Wildman–Crippen LogP) is -15.2. The largest absolute Gasteiger partial charge is 0.394 e. The van der Waals surface area contributed by atoms with Crippen LogP contribution in [0.5, 0.6) is 0 Å². The van der Waals surface area contributed by atoms with Crippen LogP contribution in [-0.2, 0) is 61.6 Å². The van der Waals surface area contributed by atoms with E-state index in [1.807, 2.05) is 0 Å². The van der Waals surface area contributed by atoms with E-state index in [2.05, 4.69) is 0 Å². The number of hydrogen-bond donors (Lipinski definition) is 22. The van der Waals surface area contributed by atoms with Gasteiger partial charge in [0.25, 0.3) is 0 Å². The molecule has 7 fully saturated rings. The van der Waals surface area contributed by atoms with Gasteiger partial charge in [-0.2, -0.15) is 0 Å². The van der Waals surface area contributed by atoms with Crippen LogP contribution in [0.4, 0.5) is 0 Å². The van der Waals surface area contributed by atoms with Gasteiger partial charge in [-0.05, 0) is 6.92 Å². The molecule has 35 atom stereocenters. The Morgan fingerprint density at radius 2 is 0.571 bits per heavy atom. The molecule has 7 rings (SSSR count). The Labute approximate surface area is 435 Å². The van der Waals surface area contributed by atoms with E-state index in [4.69, 9.17) is 61.6 Å². The maximum atomic E-state index is 11.5. The highest BCUT2D eigenvalue weighted by molar-refractivity contribution is 5.00. The van der Waals surface area contributed by atoms with Crippen LogP contribution in [0.3, 0.4) is 0 Å². The van der Waals surface area contributed by atoms with E-state index >= 15 is 0 Å². The Kier molecular flexibility index (Phi) is 22.1. The van der Waals surface area contributed by atoms with Crippen molar-refractivity contribution in [3.05, 3.63) is 0 Å². The molecular weight excluding hydrogens is 1060 g/mol. The van der Waals surface area contributed by atoms with Crippen LogP contribution in [0, 0.1) is 0 Å². The molecule has 0 aliphatic carbocycles. The fraction of sp³-hybridized carbons (Fsp3) is 1.00. The van der Waals surface area contributed by atoms with Gasteiger partial charge in [0.15, 0.2) is 44.0 Å². The summed E-state index contributed by atoms with van der Waals surface area (Å²) in [7, 11) is 0. The SMILES string of the molecule is C[C@@H]1O[C@H](O[C@@H]2[C@H](O)[C@@H](O)[C@H](O)O[C@@H]2CO)[C@H](O)[C@H](O[C@H]2O[C@H](CO)[C@H](O)[C@H](O[C@@H]3O[C@H](CO)[C@@H](O[C@H]4O[C@H](CO)[C@H](O[C@H]5O[C@H](CO[C@@H]6O[C@H](CO)[C@@H](O)[C@H](O)[C@H]6O)[C@H](O)[C@H](O)[C@H]5O)[C@H](O)[C@H]4O)[C@H](O)[C@H]3O)[C@H]2O)[C@H]1O. The predicted molar refractivity (Wildman–Crippen MR) is 230 cm³/mol. The summed E-state index contributed by atoms with van der Waals surface area (Å²) in [5.41, 5.74) is 0. The van der Waals surface area contributed by atoms with Crippen molar-refractivity contribution in [2.24, 2.45) is 0 Å². The van der Waals surface area contributed by atoms with E-state index in [1.54, 1.807) is 0 Å². The first-order valence-corrected chi connectivity index (χ1v) is 24.5. The van der Waals surface area contributed by atoms with E-state index in [0.717, 1.165) is 0 Å². The van der Waals surface area contributed by atoms with E-state index in [1.165, 1.54) is 6.92 Å². The van der Waals surface area contributed by atoms with Gasteiger partial charge in [0.1, 0.15) is 165 Å². The fourth-order valence-corrected chi connectivity index (χ4v) is 9.83. The minimum absolute atomic E-state index is 0.771. The van der Waals surface area contributed by atoms with Crippen LogP contribution in [0.2, 0.25) is 0 Å². The summed E-state index contributed by atoms with van der Waals surface area (Å²) < 4.78 is 72.2. The molecule has 0 aromatic rings. The third-order valence-electron chi connectivity index (χ3n) is 14.5. The lowest BCUT2D eigenvalue weighted by atomic mass is 9.95. The maximum Gasteiger partial charge on any atom is 0.187 e. The lowest BCUT2D eigenvalue weighted by molar-refractivity contribution is -0.396. The van der Waals surface area contributed by atoms with Gasteiger partial charge in [0.2, 0.25) is 0 Å². The van der Waals surface area contributed by atoms with Gasteiger partial charge in [-0.15, -0.1) is 0 Å². The fourth-order valence-electron chi connectivity index (χ4n) is 9.83. The van der Waals surface area contributed by atoms with Crippen molar-refractivity contribution in [2.45, 2.75) is 222 Å². The summed E-state index contributed by atoms with van der Waals surface area (Å²) in [4.78, 5) is 0. The minimum Gasteiger partial charge on any atom is -0.394 e. The molecule has 0 radical (unpaired) electrons. The van der Waals surface area contributed by atoms with Gasteiger partial charge < -0.3 is 174 Å². The Bertz CT molecular complexity index is 1790. The lowest BCUT2D eigenvalue weighted by Crippen LogP contribution is -2.68. The zero-order valence-electron chi connectivity index (χ0n) is 40.6. The Hall–Kier alpha value is -1.40. The summed E-state index contributed by atoms with van der Waals surface area (Å²) in [6.45, 7) is -4.26. The summed E-state index contributed by atoms with van der Waals surface area (Å²) in [6, 6.07) is 0. The van der Waals surface area contributed by atoms with Gasteiger partial charge in [0.05, 0.1) is 45.7 Å². The van der Waals surface area contributed by atoms with Gasteiger partial charge in [-0.1, -0.05) is 0 Å². The van der Waals surface area contributed by atoms with E-state index in [0.29, 0.717) is 0 Å². The molecule has 0 spiro atoms. The molecule has 7 aliphatic heterocycles. The highest BCUT2D eigenvalue weighted by atomic mass is 16.8. The number of aliphatic hydroxyl groups excluding tert-OH is 22. The average molecular weight is 1140 g/mol. The molecule has 0 amide bonds. The van der Waals surface area contributed by atoms with E-state index < -0.39 is 255 Å². The van der Waals surface area contributed by atoms with E-state index in [9.17, 15) is 112 Å². The highest BCUT2D eigenvalue weighted by Gasteiger charge is 2.58. The Balaban J connectivity index is 0.978. The van der Waals surface area contributed by atoms with Crippen LogP contribution in [0.15, 0.2) is 0 Å². The molecule has 0 saturated carbocycles. The zero-order chi connectivity index (χ0) is 56.6. The number of ether oxygens (including phenoxy) is 13. The Morgan fingerprint density at radius 3 is 1.04 bits per heavy atom. The van der Waals surface area contributed by atoms with Crippen LogP contribution >= 0.6 is 0 Å². The summed E-state index contributed by atoms with van der Waals surface area (Å²) in [6.07, 6.45) is -66.2. The summed E-state index contributed by atoms with van der Waals surface area (Å²) in [5, 5.41) is 233.